The number of alkyl halides is 12. The number of hydrogen-bond acceptors (Lipinski definition) is 18. The highest BCUT2D eigenvalue weighted by Gasteiger charge is 2.61. The minimum atomic E-state index is -4.54. The van der Waals surface area contributed by atoms with Gasteiger partial charge in [-0.3, -0.25) is 0 Å². The number of hydrogen-bond donors (Lipinski definition) is 9. The maximum atomic E-state index is 12.9. The fourth-order valence-electron chi connectivity index (χ4n) is 19.0. The average molecular weight is 2020 g/mol. The van der Waals surface area contributed by atoms with E-state index in [1.54, 1.807) is 70.2 Å². The van der Waals surface area contributed by atoms with E-state index in [2.05, 4.69) is 80.9 Å². The number of fused-ring (bicyclic) bond motifs is 11. The van der Waals surface area contributed by atoms with Crippen molar-refractivity contribution in [2.24, 2.45) is 5.92 Å². The molecule has 0 aromatic heterocycles. The third kappa shape index (κ3) is 25.9. The molecule has 0 amide bonds. The van der Waals surface area contributed by atoms with E-state index in [0.717, 1.165) is 86.1 Å². The Hall–Kier alpha value is -10.0. The Morgan fingerprint density at radius 1 is 0.289 bits per heavy atom. The van der Waals surface area contributed by atoms with Crippen molar-refractivity contribution in [2.75, 3.05) is 26.4 Å². The first-order chi connectivity index (χ1) is 61.9. The SMILES string of the molecule is C.C.C.C.C.C.C.C.C.Cc1ccc(O)c2c1COC2(C)C(F)(F)F.Cc1ccc(O)c2c1COC2(C)C(F)(F)F.Cc1ccc(O)c2c1COC2C(C)C.Cc1ccc(O)c2c1COC2C(F)(F)F.Cc1ccc(O)c2c1COC2CC(F)(F)F.Cc1ccc(O)c2c1COCC2(C)C.Cc1ccc(O)c2c1COCC2(C)C.Cc1ccc(O)c2c1COCC21CC1.Cc1ccc(O)c2c1COCC21CC1. The summed E-state index contributed by atoms with van der Waals surface area (Å²) in [4.78, 5) is 0. The largest absolute Gasteiger partial charge is 0.508 e. The molecule has 0 radical (unpaired) electrons. The van der Waals surface area contributed by atoms with Crippen LogP contribution in [0, 0.1) is 68.2 Å². The first-order valence-corrected chi connectivity index (χ1v) is 44.0. The molecule has 30 heteroatoms. The van der Waals surface area contributed by atoms with E-state index in [1.807, 2.05) is 42.5 Å². The lowest BCUT2D eigenvalue weighted by Crippen LogP contribution is -2.39. The second-order valence-electron chi connectivity index (χ2n) is 38.2. The van der Waals surface area contributed by atoms with Crippen LogP contribution in [0.4, 0.5) is 52.7 Å². The predicted molar refractivity (Wildman–Crippen MR) is 533 cm³/mol. The summed E-state index contributed by atoms with van der Waals surface area (Å²) in [6, 6.07) is 30.4. The molecular weight excluding hydrogens is 1860 g/mol. The van der Waals surface area contributed by atoms with E-state index in [4.69, 9.17) is 37.9 Å². The van der Waals surface area contributed by atoms with Crippen LogP contribution in [0.3, 0.4) is 0 Å². The quantitative estimate of drug-likeness (QED) is 0.0728. The molecule has 5 atom stereocenters. The normalized spacial score (nSPS) is 20.0. The van der Waals surface area contributed by atoms with E-state index in [0.29, 0.717) is 120 Å². The van der Waals surface area contributed by atoms with Crippen molar-refractivity contribution >= 4 is 0 Å². The molecule has 18 nitrogen and oxygen atoms in total. The second kappa shape index (κ2) is 47.9. The lowest BCUT2D eigenvalue weighted by atomic mass is 9.79. The standard InChI is InChI=1S/2C12H14O2.3C12H16O2.3C11H11F3O2.C10H9F3O2.9CH4/c2*1-8-2-3-10(13)11-9(8)6-14-7-12(11)4-5-12;2*1-8-4-5-10(13)11-9(8)6-14-7-12(11,2)3;1-7(2)12-11-9(6-14-12)8(3)4-5-10(11)13;2*1-6-3-4-8(15)9-7(6)5-16-10(9,2)11(12,13)14;1-6-2-3-8(15)10-7(6)5-16-9(10)4-11(12,13)14;1-5-2-3-7(14)8-6(5)4-15-9(8)10(11,12)13;;;;;;;;;/h2*2-3,13H,4-7H2,1H3;2*4-5,13H,6-7H2,1-3H3;4-5,7,12-13H,6H2,1-3H3;2*3-4,15H,5H2,1-2H3;2-3,9,15H,4-5H2,1H3;2-3,9,14H,4H2,1H3;9*1H4. The molecule has 0 bridgehead atoms. The molecule has 2 fully saturated rings. The van der Waals surface area contributed by atoms with Crippen molar-refractivity contribution < 1.29 is 141 Å². The summed E-state index contributed by atoms with van der Waals surface area (Å²) >= 11 is 0. The van der Waals surface area contributed by atoms with Crippen molar-refractivity contribution in [3.63, 3.8) is 0 Å². The number of aromatic hydroxyl groups is 9. The van der Waals surface area contributed by atoms with Crippen LogP contribution < -0.4 is 0 Å². The van der Waals surface area contributed by atoms with Gasteiger partial charge in [-0.15, -0.1) is 0 Å². The van der Waals surface area contributed by atoms with Gasteiger partial charge in [0.15, 0.2) is 17.3 Å². The Labute approximate surface area is 832 Å². The van der Waals surface area contributed by atoms with Crippen LogP contribution in [0.15, 0.2) is 109 Å². The monoisotopic (exact) mass is 2020 g/mol. The van der Waals surface area contributed by atoms with Gasteiger partial charge in [0.05, 0.1) is 105 Å². The van der Waals surface area contributed by atoms with Gasteiger partial charge in [0, 0.05) is 71.7 Å². The van der Waals surface area contributed by atoms with Crippen LogP contribution in [-0.4, -0.2) is 97.1 Å². The number of rotatable bonds is 2. The molecule has 20 rings (SSSR count). The molecule has 2 spiro atoms. The lowest BCUT2D eigenvalue weighted by molar-refractivity contribution is -0.273. The van der Waals surface area contributed by atoms with E-state index < -0.39 is 54.5 Å². The van der Waals surface area contributed by atoms with Gasteiger partial charge in [0.25, 0.3) is 0 Å². The van der Waals surface area contributed by atoms with Crippen molar-refractivity contribution in [3.8, 4) is 51.7 Å². The third-order valence-electron chi connectivity index (χ3n) is 27.1. The van der Waals surface area contributed by atoms with E-state index >= 15 is 0 Å². The molecule has 9 N–H and O–H groups in total. The number of benzene rings is 9. The highest BCUT2D eigenvalue weighted by Crippen LogP contribution is 2.59. The number of aryl methyl sites for hydroxylation is 9. The van der Waals surface area contributed by atoms with Crippen molar-refractivity contribution in [1.82, 2.24) is 0 Å². The average Bonchev–Trinajstić information content (AvgIpc) is 1.57. The Balaban J connectivity index is 0.000000408. The number of phenolic OH excluding ortho intramolecular Hbond substituents is 9. The molecule has 11 aliphatic rings. The highest BCUT2D eigenvalue weighted by molar-refractivity contribution is 5.58. The fraction of sp³-hybridized carbons (Fsp3) is 0.518. The number of halogens is 12. The Kier molecular flexibility index (Phi) is 42.5. The molecule has 9 aliphatic heterocycles. The Morgan fingerprint density at radius 3 is 0.831 bits per heavy atom. The second-order valence-corrected chi connectivity index (χ2v) is 38.2. The van der Waals surface area contributed by atoms with Gasteiger partial charge in [-0.1, -0.05) is 163 Å². The molecule has 9 aromatic rings. The van der Waals surface area contributed by atoms with Gasteiger partial charge in [-0.25, -0.2) is 0 Å². The van der Waals surface area contributed by atoms with Crippen LogP contribution >= 0.6 is 0 Å². The fourth-order valence-corrected chi connectivity index (χ4v) is 19.0. The molecule has 142 heavy (non-hydrogen) atoms. The topological polar surface area (TPSA) is 265 Å². The number of ether oxygens (including phenoxy) is 9. The van der Waals surface area contributed by atoms with Crippen molar-refractivity contribution in [2.45, 2.75) is 352 Å². The maximum absolute atomic E-state index is 12.9. The van der Waals surface area contributed by atoms with Gasteiger partial charge in [0.1, 0.15) is 51.7 Å². The third-order valence-corrected chi connectivity index (χ3v) is 27.1. The minimum Gasteiger partial charge on any atom is -0.508 e. The first-order valence-electron chi connectivity index (χ1n) is 44.0. The highest BCUT2D eigenvalue weighted by atomic mass is 19.4. The Bertz CT molecular complexity index is 5430. The first kappa shape index (κ1) is 126. The summed E-state index contributed by atoms with van der Waals surface area (Å²) in [5.74, 6) is 1.32. The van der Waals surface area contributed by atoms with Gasteiger partial charge in [0.2, 0.25) is 0 Å². The summed E-state index contributed by atoms with van der Waals surface area (Å²) < 4.78 is 199. The molecular formula is C112H154F12O18. The zero-order valence-corrected chi connectivity index (χ0v) is 77.7. The van der Waals surface area contributed by atoms with Crippen molar-refractivity contribution in [3.05, 3.63) is 259 Å². The zero-order valence-electron chi connectivity index (χ0n) is 77.7. The van der Waals surface area contributed by atoms with Crippen molar-refractivity contribution in [1.29, 1.82) is 0 Å². The van der Waals surface area contributed by atoms with Crippen LogP contribution in [0.25, 0.3) is 0 Å². The summed E-state index contributed by atoms with van der Waals surface area (Å²) in [5, 5.41) is 87.5. The molecule has 0 saturated heterocycles. The molecule has 794 valence electrons. The molecule has 5 unspecified atom stereocenters. The number of phenols is 9. The summed E-state index contributed by atoms with van der Waals surface area (Å²) in [7, 11) is 0. The molecule has 9 aromatic carbocycles. The summed E-state index contributed by atoms with van der Waals surface area (Å²) in [5.41, 5.74) is 17.6. The smallest absolute Gasteiger partial charge is 0.421 e. The minimum absolute atomic E-state index is 0. The molecule has 9 heterocycles. The summed E-state index contributed by atoms with van der Waals surface area (Å²) in [6.07, 6.45) is -17.3. The Morgan fingerprint density at radius 2 is 0.535 bits per heavy atom. The zero-order chi connectivity index (χ0) is 97.9. The molecule has 2 aliphatic carbocycles. The van der Waals surface area contributed by atoms with E-state index in [-0.39, 0.29) is 166 Å². The van der Waals surface area contributed by atoms with Gasteiger partial charge in [-0.05, 0) is 263 Å². The van der Waals surface area contributed by atoms with Crippen LogP contribution in [0.2, 0.25) is 0 Å². The lowest BCUT2D eigenvalue weighted by Gasteiger charge is -2.33. The van der Waals surface area contributed by atoms with Crippen LogP contribution in [-0.2, 0) is 135 Å². The van der Waals surface area contributed by atoms with Gasteiger partial charge < -0.3 is 88.6 Å². The maximum Gasteiger partial charge on any atom is 0.421 e. The van der Waals surface area contributed by atoms with E-state index in [9.17, 15) is 98.6 Å². The van der Waals surface area contributed by atoms with Gasteiger partial charge in [-0.2, -0.15) is 52.7 Å². The summed E-state index contributed by atoms with van der Waals surface area (Å²) in [6.45, 7) is 37.7. The van der Waals surface area contributed by atoms with Crippen LogP contribution in [0.5, 0.6) is 51.7 Å². The predicted octanol–water partition coefficient (Wildman–Crippen LogP) is 30.3. The van der Waals surface area contributed by atoms with Crippen LogP contribution in [0.1, 0.15) is 323 Å². The van der Waals surface area contributed by atoms with Gasteiger partial charge >= 0.3 is 24.7 Å². The molecule has 2 saturated carbocycles. The van der Waals surface area contributed by atoms with E-state index in [1.165, 1.54) is 79.9 Å².